The summed E-state index contributed by atoms with van der Waals surface area (Å²) in [5.74, 6) is -0.192. The van der Waals surface area contributed by atoms with E-state index in [9.17, 15) is 4.39 Å². The van der Waals surface area contributed by atoms with E-state index >= 15 is 0 Å². The van der Waals surface area contributed by atoms with Gasteiger partial charge < -0.3 is 5.73 Å². The fourth-order valence-electron chi connectivity index (χ4n) is 2.17. The van der Waals surface area contributed by atoms with Gasteiger partial charge in [0.1, 0.15) is 5.82 Å². The van der Waals surface area contributed by atoms with Crippen LogP contribution in [-0.2, 0) is 0 Å². The van der Waals surface area contributed by atoms with Gasteiger partial charge in [0.2, 0.25) is 0 Å². The molecule has 2 rings (SSSR count). The van der Waals surface area contributed by atoms with Crippen LogP contribution in [0.4, 0.5) is 4.39 Å². The molecule has 1 aliphatic carbocycles. The van der Waals surface area contributed by atoms with Crippen LogP contribution in [0.1, 0.15) is 44.2 Å². The first kappa shape index (κ1) is 11.9. The Morgan fingerprint density at radius 3 is 2.69 bits per heavy atom. The minimum atomic E-state index is -0.192. The Morgan fingerprint density at radius 2 is 2.06 bits per heavy atom. The SMILES string of the molecule is C[C@@H](N)c1cc(F)ccc1SC1CCCC1. The summed E-state index contributed by atoms with van der Waals surface area (Å²) in [4.78, 5) is 1.16. The van der Waals surface area contributed by atoms with E-state index < -0.39 is 0 Å². The van der Waals surface area contributed by atoms with Crippen molar-refractivity contribution in [1.29, 1.82) is 0 Å². The number of rotatable bonds is 3. The van der Waals surface area contributed by atoms with E-state index in [2.05, 4.69) is 0 Å². The lowest BCUT2D eigenvalue weighted by Gasteiger charge is -2.15. The fourth-order valence-corrected chi connectivity index (χ4v) is 3.62. The van der Waals surface area contributed by atoms with Crippen molar-refractivity contribution in [3.8, 4) is 0 Å². The molecule has 2 N–H and O–H groups in total. The molecular formula is C13H18FNS. The Labute approximate surface area is 101 Å². The second-order valence-corrected chi connectivity index (χ2v) is 5.84. The van der Waals surface area contributed by atoms with Crippen molar-refractivity contribution in [2.75, 3.05) is 0 Å². The molecule has 0 heterocycles. The average molecular weight is 239 g/mol. The minimum Gasteiger partial charge on any atom is -0.324 e. The van der Waals surface area contributed by atoms with Crippen LogP contribution in [0.25, 0.3) is 0 Å². The van der Waals surface area contributed by atoms with Crippen LogP contribution in [0, 0.1) is 5.82 Å². The Balaban J connectivity index is 2.18. The summed E-state index contributed by atoms with van der Waals surface area (Å²) in [7, 11) is 0. The van der Waals surface area contributed by atoms with Crippen LogP contribution >= 0.6 is 11.8 Å². The predicted octanol–water partition coefficient (Wildman–Crippen LogP) is 3.88. The van der Waals surface area contributed by atoms with Gasteiger partial charge in [0.15, 0.2) is 0 Å². The van der Waals surface area contributed by atoms with Crippen molar-refractivity contribution >= 4 is 11.8 Å². The number of nitrogens with two attached hydrogens (primary N) is 1. The van der Waals surface area contributed by atoms with E-state index in [-0.39, 0.29) is 11.9 Å². The zero-order valence-electron chi connectivity index (χ0n) is 9.58. The minimum absolute atomic E-state index is 0.0976. The summed E-state index contributed by atoms with van der Waals surface area (Å²) in [6.07, 6.45) is 5.21. The van der Waals surface area contributed by atoms with Crippen LogP contribution in [0.15, 0.2) is 23.1 Å². The normalized spacial score (nSPS) is 18.9. The molecule has 1 aromatic rings. The van der Waals surface area contributed by atoms with Crippen LogP contribution in [0.5, 0.6) is 0 Å². The first-order valence-corrected chi connectivity index (χ1v) is 6.76. The highest BCUT2D eigenvalue weighted by atomic mass is 32.2. The van der Waals surface area contributed by atoms with Crippen molar-refractivity contribution in [3.63, 3.8) is 0 Å². The monoisotopic (exact) mass is 239 g/mol. The van der Waals surface area contributed by atoms with Gasteiger partial charge in [0.05, 0.1) is 0 Å². The molecule has 1 fully saturated rings. The second kappa shape index (κ2) is 5.19. The maximum absolute atomic E-state index is 13.2. The fraction of sp³-hybridized carbons (Fsp3) is 0.538. The largest absolute Gasteiger partial charge is 0.324 e. The van der Waals surface area contributed by atoms with Gasteiger partial charge in [-0.3, -0.25) is 0 Å². The lowest BCUT2D eigenvalue weighted by atomic mass is 10.1. The second-order valence-electron chi connectivity index (χ2n) is 4.50. The van der Waals surface area contributed by atoms with E-state index in [0.29, 0.717) is 5.25 Å². The molecule has 0 aliphatic heterocycles. The van der Waals surface area contributed by atoms with Crippen molar-refractivity contribution < 1.29 is 4.39 Å². The molecule has 0 amide bonds. The molecule has 0 aromatic heterocycles. The van der Waals surface area contributed by atoms with Crippen LogP contribution < -0.4 is 5.73 Å². The predicted molar refractivity (Wildman–Crippen MR) is 67.1 cm³/mol. The quantitative estimate of drug-likeness (QED) is 0.866. The van der Waals surface area contributed by atoms with Crippen LogP contribution in [0.2, 0.25) is 0 Å². The summed E-state index contributed by atoms with van der Waals surface area (Å²) >= 11 is 1.87. The third-order valence-corrected chi connectivity index (χ3v) is 4.49. The Morgan fingerprint density at radius 1 is 1.38 bits per heavy atom. The maximum Gasteiger partial charge on any atom is 0.123 e. The Hall–Kier alpha value is -0.540. The first-order valence-electron chi connectivity index (χ1n) is 5.88. The van der Waals surface area contributed by atoms with Gasteiger partial charge in [-0.25, -0.2) is 4.39 Å². The first-order chi connectivity index (χ1) is 7.66. The standard InChI is InChI=1S/C13H18FNS/c1-9(15)12-8-10(14)6-7-13(12)16-11-4-2-3-5-11/h6-9,11H,2-5,15H2,1H3/t9-/m1/s1. The number of hydrogen-bond acceptors (Lipinski definition) is 2. The van der Waals surface area contributed by atoms with E-state index in [1.165, 1.54) is 31.7 Å². The summed E-state index contributed by atoms with van der Waals surface area (Å²) in [5.41, 5.74) is 6.82. The van der Waals surface area contributed by atoms with Crippen molar-refractivity contribution in [2.24, 2.45) is 5.73 Å². The van der Waals surface area contributed by atoms with Crippen LogP contribution in [-0.4, -0.2) is 5.25 Å². The average Bonchev–Trinajstić information content (AvgIpc) is 2.73. The molecule has 1 nitrogen and oxygen atoms in total. The topological polar surface area (TPSA) is 26.0 Å². The highest BCUT2D eigenvalue weighted by Gasteiger charge is 2.18. The summed E-state index contributed by atoms with van der Waals surface area (Å²) in [6.45, 7) is 1.91. The maximum atomic E-state index is 13.2. The molecule has 0 saturated heterocycles. The van der Waals surface area contributed by atoms with Crippen LogP contribution in [0.3, 0.4) is 0 Å². The van der Waals surface area contributed by atoms with Crippen molar-refractivity contribution in [2.45, 2.75) is 48.8 Å². The Kier molecular flexibility index (Phi) is 3.87. The summed E-state index contributed by atoms with van der Waals surface area (Å²) in [5, 5.41) is 0.697. The van der Waals surface area contributed by atoms with Gasteiger partial charge in [-0.2, -0.15) is 0 Å². The van der Waals surface area contributed by atoms with E-state index in [1.54, 1.807) is 6.07 Å². The van der Waals surface area contributed by atoms with Gasteiger partial charge >= 0.3 is 0 Å². The van der Waals surface area contributed by atoms with Gasteiger partial charge in [-0.15, -0.1) is 11.8 Å². The van der Waals surface area contributed by atoms with E-state index in [1.807, 2.05) is 24.8 Å². The number of benzene rings is 1. The molecule has 0 radical (unpaired) electrons. The number of halogens is 1. The molecular weight excluding hydrogens is 221 g/mol. The molecule has 1 aromatic carbocycles. The molecule has 1 aliphatic rings. The number of thioether (sulfide) groups is 1. The molecule has 0 unspecified atom stereocenters. The zero-order chi connectivity index (χ0) is 11.5. The van der Waals surface area contributed by atoms with Gasteiger partial charge in [0.25, 0.3) is 0 Å². The van der Waals surface area contributed by atoms with Gasteiger partial charge in [0, 0.05) is 16.2 Å². The Bertz CT molecular complexity index is 359. The third-order valence-electron chi connectivity index (χ3n) is 3.06. The highest BCUT2D eigenvalue weighted by Crippen LogP contribution is 2.37. The third kappa shape index (κ3) is 2.77. The highest BCUT2D eigenvalue weighted by molar-refractivity contribution is 8.00. The smallest absolute Gasteiger partial charge is 0.123 e. The molecule has 3 heteroatoms. The lowest BCUT2D eigenvalue weighted by molar-refractivity contribution is 0.619. The molecule has 0 bridgehead atoms. The van der Waals surface area contributed by atoms with E-state index in [0.717, 1.165) is 10.5 Å². The zero-order valence-corrected chi connectivity index (χ0v) is 10.4. The summed E-state index contributed by atoms with van der Waals surface area (Å²) < 4.78 is 13.2. The molecule has 0 spiro atoms. The molecule has 88 valence electrons. The van der Waals surface area contributed by atoms with Gasteiger partial charge in [-0.05, 0) is 43.5 Å². The molecule has 1 saturated carbocycles. The summed E-state index contributed by atoms with van der Waals surface area (Å²) in [6, 6.07) is 4.88. The molecule has 16 heavy (non-hydrogen) atoms. The molecule has 1 atom stereocenters. The lowest BCUT2D eigenvalue weighted by Crippen LogP contribution is -2.08. The van der Waals surface area contributed by atoms with E-state index in [4.69, 9.17) is 5.73 Å². The van der Waals surface area contributed by atoms with Crippen molar-refractivity contribution in [1.82, 2.24) is 0 Å². The van der Waals surface area contributed by atoms with Gasteiger partial charge in [-0.1, -0.05) is 12.8 Å². The van der Waals surface area contributed by atoms with Crippen molar-refractivity contribution in [3.05, 3.63) is 29.6 Å². The number of hydrogen-bond donors (Lipinski definition) is 1.